The molecular weight excluding hydrogens is 176 g/mol. The van der Waals surface area contributed by atoms with Crippen LogP contribution in [0.3, 0.4) is 0 Å². The van der Waals surface area contributed by atoms with E-state index in [4.69, 9.17) is 5.26 Å². The molecule has 70 valence electrons. The van der Waals surface area contributed by atoms with Gasteiger partial charge in [-0.05, 0) is 6.42 Å². The standard InChI is InChI=1S/C7H14N2O2S/c1-2-3-7-12(10,11)9-6-4-5-8/h9H,2-4,6-7H2,1H3. The number of nitrogens with one attached hydrogen (secondary N) is 1. The maximum absolute atomic E-state index is 11.0. The van der Waals surface area contributed by atoms with Crippen LogP contribution in [0, 0.1) is 11.3 Å². The third-order valence-electron chi connectivity index (χ3n) is 1.33. The van der Waals surface area contributed by atoms with Crippen LogP contribution in [0.1, 0.15) is 26.2 Å². The van der Waals surface area contributed by atoms with Crippen molar-refractivity contribution in [3.63, 3.8) is 0 Å². The first-order valence-corrected chi connectivity index (χ1v) is 5.62. The molecule has 0 aromatic rings. The number of nitriles is 1. The Labute approximate surface area is 73.6 Å². The summed E-state index contributed by atoms with van der Waals surface area (Å²) in [5, 5.41) is 8.15. The number of sulfonamides is 1. The lowest BCUT2D eigenvalue weighted by molar-refractivity contribution is 0.579. The highest BCUT2D eigenvalue weighted by molar-refractivity contribution is 7.89. The zero-order valence-electron chi connectivity index (χ0n) is 7.21. The van der Waals surface area contributed by atoms with E-state index in [-0.39, 0.29) is 18.7 Å². The molecule has 0 radical (unpaired) electrons. The van der Waals surface area contributed by atoms with Gasteiger partial charge in [0, 0.05) is 13.0 Å². The quantitative estimate of drug-likeness (QED) is 0.624. The van der Waals surface area contributed by atoms with Crippen molar-refractivity contribution in [1.29, 1.82) is 5.26 Å². The summed E-state index contributed by atoms with van der Waals surface area (Å²) in [6.07, 6.45) is 1.76. The van der Waals surface area contributed by atoms with Crippen LogP contribution in [0.25, 0.3) is 0 Å². The van der Waals surface area contributed by atoms with E-state index in [9.17, 15) is 8.42 Å². The Morgan fingerprint density at radius 1 is 1.50 bits per heavy atom. The predicted molar refractivity (Wildman–Crippen MR) is 46.9 cm³/mol. The van der Waals surface area contributed by atoms with Crippen LogP contribution in [0.2, 0.25) is 0 Å². The molecule has 1 N–H and O–H groups in total. The third-order valence-corrected chi connectivity index (χ3v) is 2.80. The third kappa shape index (κ3) is 6.13. The molecule has 0 rings (SSSR count). The second-order valence-electron chi connectivity index (χ2n) is 2.47. The lowest BCUT2D eigenvalue weighted by Gasteiger charge is -2.02. The van der Waals surface area contributed by atoms with Gasteiger partial charge in [0.2, 0.25) is 10.0 Å². The molecule has 0 aliphatic rings. The molecule has 0 spiro atoms. The second kappa shape index (κ2) is 5.98. The molecule has 0 aromatic carbocycles. The van der Waals surface area contributed by atoms with Crippen LogP contribution in [-0.2, 0) is 10.0 Å². The Bertz CT molecular complexity index is 241. The van der Waals surface area contributed by atoms with Crippen molar-refractivity contribution >= 4 is 10.0 Å². The fourth-order valence-electron chi connectivity index (χ4n) is 0.669. The highest BCUT2D eigenvalue weighted by Gasteiger charge is 2.06. The van der Waals surface area contributed by atoms with Gasteiger partial charge in [-0.2, -0.15) is 5.26 Å². The molecule has 0 saturated carbocycles. The summed E-state index contributed by atoms with van der Waals surface area (Å²) >= 11 is 0. The first-order valence-electron chi connectivity index (χ1n) is 3.96. The minimum atomic E-state index is -3.12. The molecule has 0 heterocycles. The molecule has 12 heavy (non-hydrogen) atoms. The molecule has 5 heteroatoms. The number of nitrogens with zero attached hydrogens (tertiary/aromatic N) is 1. The van der Waals surface area contributed by atoms with Gasteiger partial charge in [0.05, 0.1) is 11.8 Å². The largest absolute Gasteiger partial charge is 0.214 e. The minimum Gasteiger partial charge on any atom is -0.214 e. The first kappa shape index (κ1) is 11.4. The second-order valence-corrected chi connectivity index (χ2v) is 4.40. The van der Waals surface area contributed by atoms with Crippen LogP contribution in [-0.4, -0.2) is 20.7 Å². The van der Waals surface area contributed by atoms with E-state index < -0.39 is 10.0 Å². The molecule has 0 aliphatic carbocycles. The van der Waals surface area contributed by atoms with Crippen LogP contribution in [0.5, 0.6) is 0 Å². The van der Waals surface area contributed by atoms with Crippen molar-refractivity contribution in [2.75, 3.05) is 12.3 Å². The zero-order valence-corrected chi connectivity index (χ0v) is 8.02. The van der Waals surface area contributed by atoms with E-state index in [0.717, 1.165) is 6.42 Å². The summed E-state index contributed by atoms with van der Waals surface area (Å²) in [7, 11) is -3.12. The zero-order chi connectivity index (χ0) is 9.45. The van der Waals surface area contributed by atoms with E-state index in [0.29, 0.717) is 6.42 Å². The van der Waals surface area contributed by atoms with E-state index >= 15 is 0 Å². The van der Waals surface area contributed by atoms with Crippen LogP contribution >= 0.6 is 0 Å². The number of hydrogen-bond donors (Lipinski definition) is 1. The summed E-state index contributed by atoms with van der Waals surface area (Å²) in [4.78, 5) is 0. The average molecular weight is 190 g/mol. The molecular formula is C7H14N2O2S. The fraction of sp³-hybridized carbons (Fsp3) is 0.857. The molecule has 0 fully saturated rings. The minimum absolute atomic E-state index is 0.162. The summed E-state index contributed by atoms with van der Waals surface area (Å²) in [5.74, 6) is 0.162. The SMILES string of the molecule is CCCCS(=O)(=O)NCCC#N. The lowest BCUT2D eigenvalue weighted by Crippen LogP contribution is -2.27. The number of rotatable bonds is 6. The van der Waals surface area contributed by atoms with E-state index in [1.165, 1.54) is 0 Å². The van der Waals surface area contributed by atoms with Gasteiger partial charge in [-0.1, -0.05) is 13.3 Å². The molecule has 0 aromatic heterocycles. The Balaban J connectivity index is 3.67. The van der Waals surface area contributed by atoms with E-state index in [1.54, 1.807) is 0 Å². The van der Waals surface area contributed by atoms with Gasteiger partial charge in [0.15, 0.2) is 0 Å². The van der Waals surface area contributed by atoms with Gasteiger partial charge in [-0.3, -0.25) is 0 Å². The van der Waals surface area contributed by atoms with Crippen molar-refractivity contribution in [3.05, 3.63) is 0 Å². The summed E-state index contributed by atoms with van der Waals surface area (Å²) < 4.78 is 24.4. The maximum atomic E-state index is 11.0. The topological polar surface area (TPSA) is 70.0 Å². The molecule has 0 atom stereocenters. The van der Waals surface area contributed by atoms with Crippen molar-refractivity contribution in [1.82, 2.24) is 4.72 Å². The van der Waals surface area contributed by atoms with Crippen LogP contribution in [0.4, 0.5) is 0 Å². The van der Waals surface area contributed by atoms with Gasteiger partial charge in [-0.15, -0.1) is 0 Å². The summed E-state index contributed by atoms with van der Waals surface area (Å²) in [6.45, 7) is 2.16. The Kier molecular flexibility index (Phi) is 5.68. The molecule has 0 amide bonds. The van der Waals surface area contributed by atoms with Gasteiger partial charge < -0.3 is 0 Å². The molecule has 0 unspecified atom stereocenters. The van der Waals surface area contributed by atoms with E-state index in [2.05, 4.69) is 4.72 Å². The molecule has 0 aliphatic heterocycles. The van der Waals surface area contributed by atoms with Crippen molar-refractivity contribution < 1.29 is 8.42 Å². The Morgan fingerprint density at radius 2 is 2.17 bits per heavy atom. The van der Waals surface area contributed by atoms with Gasteiger partial charge in [-0.25, -0.2) is 13.1 Å². The highest BCUT2D eigenvalue weighted by Crippen LogP contribution is 1.92. The molecule has 0 saturated heterocycles. The molecule has 0 bridgehead atoms. The average Bonchev–Trinajstić information content (AvgIpc) is 2.01. The van der Waals surface area contributed by atoms with Gasteiger partial charge >= 0.3 is 0 Å². The van der Waals surface area contributed by atoms with Crippen molar-refractivity contribution in [2.24, 2.45) is 0 Å². The van der Waals surface area contributed by atoms with Gasteiger partial charge in [0.25, 0.3) is 0 Å². The Hall–Kier alpha value is -0.600. The molecule has 4 nitrogen and oxygen atoms in total. The lowest BCUT2D eigenvalue weighted by atomic mass is 10.4. The van der Waals surface area contributed by atoms with E-state index in [1.807, 2.05) is 13.0 Å². The predicted octanol–water partition coefficient (Wildman–Crippen LogP) is 0.620. The van der Waals surface area contributed by atoms with Crippen molar-refractivity contribution in [2.45, 2.75) is 26.2 Å². The number of hydrogen-bond acceptors (Lipinski definition) is 3. The Morgan fingerprint density at radius 3 is 2.67 bits per heavy atom. The number of unbranched alkanes of at least 4 members (excludes halogenated alkanes) is 1. The van der Waals surface area contributed by atoms with Crippen LogP contribution < -0.4 is 4.72 Å². The van der Waals surface area contributed by atoms with Crippen LogP contribution in [0.15, 0.2) is 0 Å². The fourth-order valence-corrected chi connectivity index (χ4v) is 1.90. The summed E-state index contributed by atoms with van der Waals surface area (Å²) in [6, 6.07) is 1.87. The highest BCUT2D eigenvalue weighted by atomic mass is 32.2. The maximum Gasteiger partial charge on any atom is 0.211 e. The monoisotopic (exact) mass is 190 g/mol. The smallest absolute Gasteiger partial charge is 0.211 e. The van der Waals surface area contributed by atoms with Crippen molar-refractivity contribution in [3.8, 4) is 6.07 Å². The first-order chi connectivity index (χ1) is 5.62. The van der Waals surface area contributed by atoms with Gasteiger partial charge in [0.1, 0.15) is 0 Å². The summed E-state index contributed by atoms with van der Waals surface area (Å²) in [5.41, 5.74) is 0. The normalized spacial score (nSPS) is 11.0.